The molecule has 2 aromatic rings. The third kappa shape index (κ3) is 5.22. The third-order valence-corrected chi connectivity index (χ3v) is 7.80. The number of carbonyl (C=O) groups excluding carboxylic acids is 1. The van der Waals surface area contributed by atoms with Crippen LogP contribution in [0.5, 0.6) is 0 Å². The summed E-state index contributed by atoms with van der Waals surface area (Å²) in [5, 5.41) is 13.6. The highest BCUT2D eigenvalue weighted by atomic mass is 35.5. The molecule has 1 aromatic heterocycles. The van der Waals surface area contributed by atoms with E-state index in [9.17, 15) is 54.0 Å². The topological polar surface area (TPSA) is 78.9 Å². The van der Waals surface area contributed by atoms with E-state index in [4.69, 9.17) is 39.3 Å². The van der Waals surface area contributed by atoms with Crippen LogP contribution in [0.3, 0.4) is 0 Å². The lowest BCUT2D eigenvalue weighted by Gasteiger charge is -2.40. The first-order valence-corrected chi connectivity index (χ1v) is 12.4. The molecule has 0 radical (unpaired) electrons. The Morgan fingerprint density at radius 2 is 1.62 bits per heavy atom. The highest BCUT2D eigenvalue weighted by Gasteiger charge is 2.75. The Hall–Kier alpha value is -2.96. The van der Waals surface area contributed by atoms with Crippen LogP contribution in [0.25, 0.3) is 11.3 Å². The monoisotopic (exact) mass is 669 g/mol. The van der Waals surface area contributed by atoms with Crippen molar-refractivity contribution in [3.05, 3.63) is 63.3 Å². The molecule has 1 heterocycles. The van der Waals surface area contributed by atoms with Crippen LogP contribution >= 0.6 is 34.8 Å². The van der Waals surface area contributed by atoms with Gasteiger partial charge in [0, 0.05) is 22.2 Å². The molecular formula is C24H12Cl3F10N3O2. The normalized spacial score (nSPS) is 22.6. The van der Waals surface area contributed by atoms with Crippen molar-refractivity contribution in [3.63, 3.8) is 0 Å². The number of hydrogen-bond acceptors (Lipinski definition) is 4. The smallest absolute Gasteiger partial charge is 0.356 e. The van der Waals surface area contributed by atoms with Gasteiger partial charge in [0.2, 0.25) is 0 Å². The van der Waals surface area contributed by atoms with Gasteiger partial charge < -0.3 is 9.84 Å². The van der Waals surface area contributed by atoms with Crippen LogP contribution in [-0.2, 0) is 0 Å². The van der Waals surface area contributed by atoms with E-state index in [0.717, 1.165) is 12.1 Å². The first-order chi connectivity index (χ1) is 19.1. The van der Waals surface area contributed by atoms with Gasteiger partial charge in [-0.2, -0.15) is 44.8 Å². The molecule has 0 aliphatic heterocycles. The zero-order chi connectivity index (χ0) is 31.7. The second-order valence-corrected chi connectivity index (χ2v) is 10.9. The van der Waals surface area contributed by atoms with E-state index >= 15 is 0 Å². The number of hydrogen-bond donors (Lipinski definition) is 1. The van der Waals surface area contributed by atoms with Crippen LogP contribution in [0.4, 0.5) is 43.9 Å². The fraction of sp³-hybridized carbons (Fsp3) is 0.375. The van der Waals surface area contributed by atoms with Crippen molar-refractivity contribution in [1.82, 2.24) is 10.5 Å². The molecule has 42 heavy (non-hydrogen) atoms. The van der Waals surface area contributed by atoms with Gasteiger partial charge in [0.15, 0.2) is 10.6 Å². The quantitative estimate of drug-likeness (QED) is 0.257. The fourth-order valence-electron chi connectivity index (χ4n) is 4.16. The molecule has 0 saturated heterocycles. The molecule has 2 unspecified atom stereocenters. The summed E-state index contributed by atoms with van der Waals surface area (Å²) in [4.78, 5) is 8.49. The number of nitriles is 1. The largest absolute Gasteiger partial charge is 0.435 e. The van der Waals surface area contributed by atoms with Crippen LogP contribution in [0.15, 0.2) is 51.5 Å². The number of nitrogens with one attached hydrogen (secondary N) is 1. The molecule has 1 aromatic carbocycles. The van der Waals surface area contributed by atoms with Crippen LogP contribution in [0, 0.1) is 11.3 Å². The van der Waals surface area contributed by atoms with Gasteiger partial charge in [-0.25, -0.2) is 4.39 Å². The van der Waals surface area contributed by atoms with Crippen molar-refractivity contribution >= 4 is 40.7 Å². The second kappa shape index (κ2) is 10.1. The van der Waals surface area contributed by atoms with E-state index in [1.807, 2.05) is 6.07 Å². The summed E-state index contributed by atoms with van der Waals surface area (Å²) in [7, 11) is 0. The summed E-state index contributed by atoms with van der Waals surface area (Å²) in [6.07, 6.45) is -19.5. The average molecular weight is 671 g/mol. The van der Waals surface area contributed by atoms with Crippen molar-refractivity contribution in [2.45, 2.75) is 53.4 Å². The lowest BCUT2D eigenvalue weighted by atomic mass is 9.77. The number of carbonyl (C=O) groups is 1. The van der Waals surface area contributed by atoms with Gasteiger partial charge >= 0.3 is 24.2 Å². The van der Waals surface area contributed by atoms with Crippen LogP contribution in [0.1, 0.15) is 34.8 Å². The Morgan fingerprint density at radius 3 is 2.12 bits per heavy atom. The number of allylic oxidation sites excluding steroid dienone is 4. The summed E-state index contributed by atoms with van der Waals surface area (Å²) in [6, 6.07) is 6.31. The Labute approximate surface area is 243 Å². The minimum atomic E-state index is -6.74. The van der Waals surface area contributed by atoms with Crippen LogP contribution in [-0.4, -0.2) is 45.7 Å². The molecule has 5 nitrogen and oxygen atoms in total. The van der Waals surface area contributed by atoms with Crippen LogP contribution < -0.4 is 5.32 Å². The second-order valence-electron chi connectivity index (χ2n) is 9.44. The van der Waals surface area contributed by atoms with Gasteiger partial charge in [-0.05, 0) is 43.2 Å². The summed E-state index contributed by atoms with van der Waals surface area (Å²) in [6.45, 7) is 0. The molecule has 18 heteroatoms. The highest BCUT2D eigenvalue weighted by Crippen LogP contribution is 2.59. The highest BCUT2D eigenvalue weighted by molar-refractivity contribution is 6.34. The lowest BCUT2D eigenvalue weighted by molar-refractivity contribution is -0.325. The van der Waals surface area contributed by atoms with Crippen molar-refractivity contribution in [3.8, 4) is 17.4 Å². The van der Waals surface area contributed by atoms with E-state index in [1.165, 1.54) is 12.1 Å². The first-order valence-electron chi connectivity index (χ1n) is 11.3. The Morgan fingerprint density at radius 1 is 1.02 bits per heavy atom. The Bertz CT molecular complexity index is 1520. The number of halogens is 13. The number of benzene rings is 1. The minimum Gasteiger partial charge on any atom is -0.356 e. The zero-order valence-electron chi connectivity index (χ0n) is 20.1. The number of alkyl halides is 11. The van der Waals surface area contributed by atoms with Crippen molar-refractivity contribution in [2.24, 2.45) is 0 Å². The van der Waals surface area contributed by atoms with E-state index in [-0.39, 0.29) is 28.0 Å². The summed E-state index contributed by atoms with van der Waals surface area (Å²) < 4.78 is 142. The standard InChI is InChI=1S/C24H12Cl3F10N3O2/c25-13-2-1-10(5-12(13)18(41)39-19(9-38)3-4-19)16-7-15(40-42-16)17-14(26)6-11(8-20(17,27)22(29,30)31)21(28,23(32,33)34)24(35,36)37/h1-2,5-8,17H,3-4H2,(H,39,41). The van der Waals surface area contributed by atoms with Crippen molar-refractivity contribution in [1.29, 1.82) is 5.26 Å². The van der Waals surface area contributed by atoms with Gasteiger partial charge in [0.05, 0.1) is 28.3 Å². The molecule has 2 aliphatic carbocycles. The molecule has 4 rings (SSSR count). The molecule has 0 spiro atoms. The third-order valence-electron chi connectivity index (χ3n) is 6.60. The minimum absolute atomic E-state index is 0.0126. The predicted octanol–water partition coefficient (Wildman–Crippen LogP) is 8.30. The molecule has 0 bridgehead atoms. The van der Waals surface area contributed by atoms with Crippen molar-refractivity contribution < 1.29 is 53.2 Å². The SMILES string of the molecule is N#CC1(NC(=O)c2cc(-c3cc(C4C(Cl)=CC(C(F)(C(F)(F)F)C(F)(F)F)=CC4(Cl)C(F)(F)F)no3)ccc2Cl)CC1. The number of aromatic nitrogens is 1. The maximum Gasteiger partial charge on any atom is 0.435 e. The molecule has 2 atom stereocenters. The van der Waals surface area contributed by atoms with Gasteiger partial charge in [-0.3, -0.25) is 4.79 Å². The number of nitrogens with zero attached hydrogens (tertiary/aromatic N) is 2. The number of rotatable bonds is 5. The van der Waals surface area contributed by atoms with Gasteiger partial charge in [0.25, 0.3) is 5.91 Å². The van der Waals surface area contributed by atoms with Gasteiger partial charge in [-0.1, -0.05) is 28.4 Å². The maximum absolute atomic E-state index is 14.7. The van der Waals surface area contributed by atoms with E-state index in [1.54, 1.807) is 0 Å². The molecule has 226 valence electrons. The molecule has 1 saturated carbocycles. The average Bonchev–Trinajstić information content (AvgIpc) is 3.46. The Kier molecular flexibility index (Phi) is 7.65. The summed E-state index contributed by atoms with van der Waals surface area (Å²) in [5.74, 6) is -3.60. The van der Waals surface area contributed by atoms with E-state index in [0.29, 0.717) is 12.8 Å². The van der Waals surface area contributed by atoms with E-state index < -0.39 is 68.8 Å². The lowest BCUT2D eigenvalue weighted by Crippen LogP contribution is -2.56. The maximum atomic E-state index is 14.7. The molecular weight excluding hydrogens is 659 g/mol. The van der Waals surface area contributed by atoms with Gasteiger partial charge in [0.1, 0.15) is 5.54 Å². The predicted molar refractivity (Wildman–Crippen MR) is 127 cm³/mol. The fourth-order valence-corrected chi connectivity index (χ4v) is 5.17. The molecule has 1 amide bonds. The van der Waals surface area contributed by atoms with E-state index in [2.05, 4.69) is 10.5 Å². The zero-order valence-corrected chi connectivity index (χ0v) is 22.3. The Balaban J connectivity index is 1.77. The molecule has 1 fully saturated rings. The van der Waals surface area contributed by atoms with Crippen molar-refractivity contribution in [2.75, 3.05) is 0 Å². The molecule has 1 N–H and O–H groups in total. The molecule has 2 aliphatic rings. The first kappa shape index (κ1) is 32.0. The van der Waals surface area contributed by atoms with Gasteiger partial charge in [-0.15, -0.1) is 11.6 Å². The summed E-state index contributed by atoms with van der Waals surface area (Å²) >= 11 is 17.5. The summed E-state index contributed by atoms with van der Waals surface area (Å²) in [5.41, 5.74) is -10.9. The number of amides is 1. The van der Waals surface area contributed by atoms with Crippen LogP contribution in [0.2, 0.25) is 5.02 Å².